The van der Waals surface area contributed by atoms with Crippen molar-refractivity contribution >= 4 is 5.97 Å². The van der Waals surface area contributed by atoms with Gasteiger partial charge in [0.2, 0.25) is 6.41 Å². The standard InChI is InChI=1S/C9H17NO5/c1-9(2,3)15-7(12)4-10-6(11)5-14-8(10)13/h6,8,11,13H,4-5H2,1-3H3. The summed E-state index contributed by atoms with van der Waals surface area (Å²) in [5.74, 6) is -0.508. The van der Waals surface area contributed by atoms with Crippen LogP contribution in [0.5, 0.6) is 0 Å². The summed E-state index contributed by atoms with van der Waals surface area (Å²) in [7, 11) is 0. The van der Waals surface area contributed by atoms with Gasteiger partial charge in [-0.15, -0.1) is 0 Å². The second-order valence-electron chi connectivity index (χ2n) is 4.40. The summed E-state index contributed by atoms with van der Waals surface area (Å²) in [6.45, 7) is 5.04. The zero-order chi connectivity index (χ0) is 11.6. The van der Waals surface area contributed by atoms with E-state index < -0.39 is 24.2 Å². The van der Waals surface area contributed by atoms with Gasteiger partial charge in [-0.3, -0.25) is 4.79 Å². The molecule has 0 aromatic heterocycles. The molecule has 1 aliphatic heterocycles. The van der Waals surface area contributed by atoms with Crippen molar-refractivity contribution in [3.8, 4) is 0 Å². The van der Waals surface area contributed by atoms with E-state index in [0.29, 0.717) is 0 Å². The Bertz CT molecular complexity index is 227. The van der Waals surface area contributed by atoms with E-state index in [4.69, 9.17) is 9.47 Å². The van der Waals surface area contributed by atoms with E-state index in [1.165, 1.54) is 0 Å². The smallest absolute Gasteiger partial charge is 0.320 e. The highest BCUT2D eigenvalue weighted by molar-refractivity contribution is 5.72. The first-order valence-corrected chi connectivity index (χ1v) is 4.75. The van der Waals surface area contributed by atoms with Crippen LogP contribution in [-0.2, 0) is 14.3 Å². The molecule has 0 spiro atoms. The van der Waals surface area contributed by atoms with Gasteiger partial charge in [-0.2, -0.15) is 0 Å². The average molecular weight is 219 g/mol. The number of carbonyl (C=O) groups excluding carboxylic acids is 1. The monoisotopic (exact) mass is 219 g/mol. The maximum atomic E-state index is 11.4. The zero-order valence-corrected chi connectivity index (χ0v) is 9.14. The Morgan fingerprint density at radius 2 is 2.13 bits per heavy atom. The molecule has 1 fully saturated rings. The number of nitrogens with zero attached hydrogens (tertiary/aromatic N) is 1. The molecule has 6 heteroatoms. The minimum atomic E-state index is -1.24. The predicted molar refractivity (Wildman–Crippen MR) is 50.5 cm³/mol. The molecule has 0 amide bonds. The third-order valence-electron chi connectivity index (χ3n) is 1.79. The Morgan fingerprint density at radius 1 is 1.53 bits per heavy atom. The summed E-state index contributed by atoms with van der Waals surface area (Å²) in [6.07, 6.45) is -2.21. The molecule has 0 bridgehead atoms. The van der Waals surface area contributed by atoms with Gasteiger partial charge in [-0.05, 0) is 20.8 Å². The van der Waals surface area contributed by atoms with E-state index in [0.717, 1.165) is 4.90 Å². The molecule has 1 rings (SSSR count). The van der Waals surface area contributed by atoms with Gasteiger partial charge in [0.05, 0.1) is 6.61 Å². The van der Waals surface area contributed by atoms with Crippen LogP contribution in [0.4, 0.5) is 0 Å². The van der Waals surface area contributed by atoms with Gasteiger partial charge in [-0.1, -0.05) is 0 Å². The van der Waals surface area contributed by atoms with Crippen molar-refractivity contribution in [2.24, 2.45) is 0 Å². The Balaban J connectivity index is 2.44. The highest BCUT2D eigenvalue weighted by Crippen LogP contribution is 2.14. The van der Waals surface area contributed by atoms with Gasteiger partial charge in [0.25, 0.3) is 0 Å². The number of rotatable bonds is 2. The van der Waals surface area contributed by atoms with E-state index in [2.05, 4.69) is 0 Å². The lowest BCUT2D eigenvalue weighted by Gasteiger charge is -2.24. The molecular formula is C9H17NO5. The predicted octanol–water partition coefficient (Wildman–Crippen LogP) is -0.745. The fourth-order valence-corrected chi connectivity index (χ4v) is 1.22. The third kappa shape index (κ3) is 3.75. The molecule has 2 N–H and O–H groups in total. The van der Waals surface area contributed by atoms with E-state index in [-0.39, 0.29) is 13.2 Å². The number of aliphatic hydroxyl groups excluding tert-OH is 2. The first kappa shape index (κ1) is 12.4. The second kappa shape index (κ2) is 4.44. The number of hydrogen-bond acceptors (Lipinski definition) is 6. The molecule has 1 aliphatic rings. The Labute approximate surface area is 88.4 Å². The van der Waals surface area contributed by atoms with Gasteiger partial charge < -0.3 is 19.7 Å². The average Bonchev–Trinajstić information content (AvgIpc) is 2.32. The lowest BCUT2D eigenvalue weighted by Crippen LogP contribution is -2.42. The molecular weight excluding hydrogens is 202 g/mol. The van der Waals surface area contributed by atoms with Crippen LogP contribution in [0.25, 0.3) is 0 Å². The van der Waals surface area contributed by atoms with Crippen LogP contribution in [0.15, 0.2) is 0 Å². The Kier molecular flexibility index (Phi) is 3.67. The van der Waals surface area contributed by atoms with Crippen molar-refractivity contribution in [3.63, 3.8) is 0 Å². The maximum absolute atomic E-state index is 11.4. The minimum absolute atomic E-state index is 0.00996. The molecule has 0 saturated carbocycles. The van der Waals surface area contributed by atoms with Gasteiger partial charge in [0.1, 0.15) is 18.4 Å². The summed E-state index contributed by atoms with van der Waals surface area (Å²) in [6, 6.07) is 0. The van der Waals surface area contributed by atoms with E-state index in [1.807, 2.05) is 0 Å². The first-order chi connectivity index (χ1) is 6.79. The normalized spacial score (nSPS) is 28.1. The van der Waals surface area contributed by atoms with Crippen LogP contribution >= 0.6 is 0 Å². The summed E-state index contributed by atoms with van der Waals surface area (Å²) in [5, 5.41) is 18.6. The first-order valence-electron chi connectivity index (χ1n) is 4.75. The number of esters is 1. The number of ether oxygens (including phenoxy) is 2. The maximum Gasteiger partial charge on any atom is 0.320 e. The Morgan fingerprint density at radius 3 is 2.53 bits per heavy atom. The highest BCUT2D eigenvalue weighted by Gasteiger charge is 2.34. The largest absolute Gasteiger partial charge is 0.459 e. The topological polar surface area (TPSA) is 79.2 Å². The van der Waals surface area contributed by atoms with Gasteiger partial charge in [0, 0.05) is 0 Å². The van der Waals surface area contributed by atoms with Crippen molar-refractivity contribution in [2.75, 3.05) is 13.2 Å². The van der Waals surface area contributed by atoms with Crippen LogP contribution < -0.4 is 0 Å². The van der Waals surface area contributed by atoms with Crippen molar-refractivity contribution in [3.05, 3.63) is 0 Å². The summed E-state index contributed by atoms with van der Waals surface area (Å²) >= 11 is 0. The van der Waals surface area contributed by atoms with E-state index in [1.54, 1.807) is 20.8 Å². The van der Waals surface area contributed by atoms with Crippen LogP contribution in [0.2, 0.25) is 0 Å². The molecule has 2 unspecified atom stereocenters. The summed E-state index contributed by atoms with van der Waals surface area (Å²) in [4.78, 5) is 12.5. The fraction of sp³-hybridized carbons (Fsp3) is 0.889. The van der Waals surface area contributed by atoms with Crippen molar-refractivity contribution in [1.29, 1.82) is 0 Å². The second-order valence-corrected chi connectivity index (χ2v) is 4.40. The number of aliphatic hydroxyl groups is 2. The van der Waals surface area contributed by atoms with Crippen molar-refractivity contribution in [1.82, 2.24) is 4.90 Å². The van der Waals surface area contributed by atoms with E-state index in [9.17, 15) is 15.0 Å². The molecule has 1 saturated heterocycles. The summed E-state index contributed by atoms with van der Waals surface area (Å²) in [5.41, 5.74) is -0.576. The number of hydrogen-bond donors (Lipinski definition) is 2. The Hall–Kier alpha value is -0.690. The van der Waals surface area contributed by atoms with Crippen LogP contribution in [0.3, 0.4) is 0 Å². The van der Waals surface area contributed by atoms with Gasteiger partial charge in [0.15, 0.2) is 0 Å². The third-order valence-corrected chi connectivity index (χ3v) is 1.79. The SMILES string of the molecule is CC(C)(C)OC(=O)CN1C(O)COC1O. The van der Waals surface area contributed by atoms with E-state index >= 15 is 0 Å². The quantitative estimate of drug-likeness (QED) is 0.595. The molecule has 15 heavy (non-hydrogen) atoms. The van der Waals surface area contributed by atoms with Gasteiger partial charge >= 0.3 is 5.97 Å². The molecule has 6 nitrogen and oxygen atoms in total. The van der Waals surface area contributed by atoms with Crippen LogP contribution in [0.1, 0.15) is 20.8 Å². The molecule has 88 valence electrons. The lowest BCUT2D eigenvalue weighted by atomic mass is 10.2. The van der Waals surface area contributed by atoms with Crippen molar-refractivity contribution in [2.45, 2.75) is 39.0 Å². The summed E-state index contributed by atoms with van der Waals surface area (Å²) < 4.78 is 9.77. The van der Waals surface area contributed by atoms with Crippen LogP contribution in [-0.4, -0.2) is 52.5 Å². The highest BCUT2D eigenvalue weighted by atomic mass is 16.7. The molecule has 0 aromatic rings. The van der Waals surface area contributed by atoms with Crippen molar-refractivity contribution < 1.29 is 24.5 Å². The van der Waals surface area contributed by atoms with Gasteiger partial charge in [-0.25, -0.2) is 4.90 Å². The lowest BCUT2D eigenvalue weighted by molar-refractivity contribution is -0.174. The molecule has 0 aromatic carbocycles. The molecule has 0 radical (unpaired) electrons. The fourth-order valence-electron chi connectivity index (χ4n) is 1.22. The van der Waals surface area contributed by atoms with Crippen LogP contribution in [0, 0.1) is 0 Å². The molecule has 2 atom stereocenters. The minimum Gasteiger partial charge on any atom is -0.459 e. The number of carbonyl (C=O) groups is 1. The zero-order valence-electron chi connectivity index (χ0n) is 9.14. The molecule has 1 heterocycles. The molecule has 0 aliphatic carbocycles.